The van der Waals surface area contributed by atoms with Crippen LogP contribution in [0.1, 0.15) is 16.8 Å². The standard InChI is InChI=1S/C21H23FN4O4/c1-23-16-5-3-4-11-7-25(8-13(11)16)18-15(22)6-12-17-20(18)30-10-24(2)26(17)9-14(19(12)27)21(28)29/h3,5-6,9,11,13,16,23H,4,7-8,10H2,1-2H3,(H,28,29). The van der Waals surface area contributed by atoms with Gasteiger partial charge < -0.3 is 20.1 Å². The quantitative estimate of drug-likeness (QED) is 0.734. The molecule has 9 heteroatoms. The Morgan fingerprint density at radius 3 is 2.90 bits per heavy atom. The normalized spacial score (nSPS) is 24.8. The zero-order valence-corrected chi connectivity index (χ0v) is 16.8. The van der Waals surface area contributed by atoms with Crippen molar-refractivity contribution in [2.75, 3.05) is 43.8 Å². The lowest BCUT2D eigenvalue weighted by Gasteiger charge is -2.33. The Morgan fingerprint density at radius 2 is 2.17 bits per heavy atom. The molecule has 1 fully saturated rings. The molecule has 3 aliphatic rings. The third kappa shape index (κ3) is 2.61. The summed E-state index contributed by atoms with van der Waals surface area (Å²) in [4.78, 5) is 26.3. The zero-order chi connectivity index (χ0) is 21.2. The summed E-state index contributed by atoms with van der Waals surface area (Å²) < 4.78 is 22.9. The van der Waals surface area contributed by atoms with Gasteiger partial charge in [0.1, 0.15) is 16.8 Å². The van der Waals surface area contributed by atoms with Gasteiger partial charge in [0.05, 0.1) is 5.39 Å². The number of hydrogen-bond acceptors (Lipinski definition) is 6. The second-order valence-corrected chi connectivity index (χ2v) is 8.19. The van der Waals surface area contributed by atoms with E-state index in [0.29, 0.717) is 41.9 Å². The molecule has 3 unspecified atom stereocenters. The van der Waals surface area contributed by atoms with Crippen molar-refractivity contribution in [3.8, 4) is 5.75 Å². The van der Waals surface area contributed by atoms with Gasteiger partial charge in [-0.25, -0.2) is 9.18 Å². The summed E-state index contributed by atoms with van der Waals surface area (Å²) in [6, 6.07) is 1.38. The number of nitrogens with one attached hydrogen (secondary N) is 1. The number of benzene rings is 1. The van der Waals surface area contributed by atoms with Crippen molar-refractivity contribution in [3.63, 3.8) is 0 Å². The molecule has 30 heavy (non-hydrogen) atoms. The Bertz CT molecular complexity index is 1140. The molecule has 5 rings (SSSR count). The molecule has 1 aromatic carbocycles. The van der Waals surface area contributed by atoms with Crippen molar-refractivity contribution in [2.24, 2.45) is 11.8 Å². The minimum absolute atomic E-state index is 0.00378. The second kappa shape index (κ2) is 6.73. The third-order valence-electron chi connectivity index (χ3n) is 6.53. The molecule has 0 spiro atoms. The molecule has 0 amide bonds. The lowest BCUT2D eigenvalue weighted by atomic mass is 9.82. The van der Waals surface area contributed by atoms with E-state index in [1.165, 1.54) is 6.20 Å². The Labute approximate surface area is 172 Å². The first-order valence-electron chi connectivity index (χ1n) is 9.99. The van der Waals surface area contributed by atoms with Gasteiger partial charge in [-0.2, -0.15) is 0 Å². The highest BCUT2D eigenvalue weighted by Crippen LogP contribution is 2.44. The van der Waals surface area contributed by atoms with Gasteiger partial charge in [0.2, 0.25) is 5.43 Å². The van der Waals surface area contributed by atoms with Crippen LogP contribution in [0.4, 0.5) is 10.1 Å². The van der Waals surface area contributed by atoms with Crippen molar-refractivity contribution < 1.29 is 19.0 Å². The third-order valence-corrected chi connectivity index (χ3v) is 6.53. The Morgan fingerprint density at radius 1 is 1.37 bits per heavy atom. The number of anilines is 1. The number of aromatic carboxylic acids is 1. The first kappa shape index (κ1) is 18.9. The van der Waals surface area contributed by atoms with Gasteiger partial charge in [-0.05, 0) is 25.5 Å². The average Bonchev–Trinajstić information content (AvgIpc) is 3.15. The number of hydrogen-bond donors (Lipinski definition) is 2. The van der Waals surface area contributed by atoms with Gasteiger partial charge >= 0.3 is 5.97 Å². The number of carboxylic acid groups (broad SMARTS) is 1. The van der Waals surface area contributed by atoms with E-state index in [9.17, 15) is 14.7 Å². The smallest absolute Gasteiger partial charge is 0.341 e. The summed E-state index contributed by atoms with van der Waals surface area (Å²) in [7, 11) is 3.65. The summed E-state index contributed by atoms with van der Waals surface area (Å²) in [5.74, 6) is -0.862. The number of fused-ring (bicyclic) bond motifs is 1. The van der Waals surface area contributed by atoms with E-state index < -0.39 is 22.8 Å². The minimum Gasteiger partial charge on any atom is -0.477 e. The zero-order valence-electron chi connectivity index (χ0n) is 16.8. The highest BCUT2D eigenvalue weighted by atomic mass is 19.1. The van der Waals surface area contributed by atoms with Crippen LogP contribution in [0.2, 0.25) is 0 Å². The van der Waals surface area contributed by atoms with E-state index in [-0.39, 0.29) is 18.2 Å². The van der Waals surface area contributed by atoms with Crippen LogP contribution in [0.5, 0.6) is 5.75 Å². The van der Waals surface area contributed by atoms with Crippen molar-refractivity contribution in [2.45, 2.75) is 12.5 Å². The average molecular weight is 414 g/mol. The van der Waals surface area contributed by atoms with E-state index in [4.69, 9.17) is 4.74 Å². The van der Waals surface area contributed by atoms with Crippen LogP contribution in [0.15, 0.2) is 29.2 Å². The Hall–Kier alpha value is -3.07. The number of ether oxygens (including phenoxy) is 1. The molecule has 158 valence electrons. The van der Waals surface area contributed by atoms with Crippen molar-refractivity contribution in [1.82, 2.24) is 9.99 Å². The first-order chi connectivity index (χ1) is 14.4. The summed E-state index contributed by atoms with van der Waals surface area (Å²) in [6.07, 6.45) is 6.57. The largest absolute Gasteiger partial charge is 0.477 e. The van der Waals surface area contributed by atoms with Gasteiger partial charge in [-0.3, -0.25) is 14.5 Å². The number of allylic oxidation sites excluding steroid dienone is 1. The van der Waals surface area contributed by atoms with Crippen LogP contribution >= 0.6 is 0 Å². The Balaban J connectivity index is 1.69. The van der Waals surface area contributed by atoms with Crippen molar-refractivity contribution in [3.05, 3.63) is 46.0 Å². The monoisotopic (exact) mass is 414 g/mol. The van der Waals surface area contributed by atoms with E-state index in [1.54, 1.807) is 16.7 Å². The number of carbonyl (C=O) groups is 1. The fourth-order valence-corrected chi connectivity index (χ4v) is 5.06. The van der Waals surface area contributed by atoms with Crippen LogP contribution in [-0.2, 0) is 0 Å². The Kier molecular flexibility index (Phi) is 4.25. The fourth-order valence-electron chi connectivity index (χ4n) is 5.06. The molecule has 1 saturated heterocycles. The van der Waals surface area contributed by atoms with Crippen LogP contribution in [0, 0.1) is 17.7 Å². The molecule has 2 aliphatic heterocycles. The van der Waals surface area contributed by atoms with Crippen LogP contribution in [-0.4, -0.2) is 55.7 Å². The van der Waals surface area contributed by atoms with E-state index >= 15 is 4.39 Å². The minimum atomic E-state index is -1.34. The molecule has 1 aliphatic carbocycles. The molecular weight excluding hydrogens is 391 g/mol. The maximum absolute atomic E-state index is 15.4. The molecule has 3 atom stereocenters. The van der Waals surface area contributed by atoms with E-state index in [0.717, 1.165) is 12.5 Å². The molecular formula is C21H23FN4O4. The van der Waals surface area contributed by atoms with E-state index in [2.05, 4.69) is 17.5 Å². The number of pyridine rings is 1. The summed E-state index contributed by atoms with van der Waals surface area (Å²) in [6.45, 7) is 1.48. The number of halogens is 1. The number of rotatable bonds is 3. The SMILES string of the molecule is CNC1C=CCC2CN(c3c(F)cc4c(=O)c(C(=O)O)cn5c4c3OCN5C)CC21. The topological polar surface area (TPSA) is 87.0 Å². The summed E-state index contributed by atoms with van der Waals surface area (Å²) >= 11 is 0. The second-order valence-electron chi connectivity index (χ2n) is 8.19. The van der Waals surface area contributed by atoms with Crippen LogP contribution < -0.4 is 25.4 Å². The number of likely N-dealkylation sites (N-methyl/N-ethyl adjacent to an activating group) is 1. The lowest BCUT2D eigenvalue weighted by molar-refractivity contribution is 0.0694. The van der Waals surface area contributed by atoms with Gasteiger partial charge in [0, 0.05) is 38.3 Å². The molecule has 0 saturated carbocycles. The number of nitrogens with zero attached hydrogens (tertiary/aromatic N) is 3. The summed E-state index contributed by atoms with van der Waals surface area (Å²) in [5.41, 5.74) is -0.372. The van der Waals surface area contributed by atoms with E-state index in [1.807, 2.05) is 11.9 Å². The number of carboxylic acids is 1. The predicted octanol–water partition coefficient (Wildman–Crippen LogP) is 1.36. The first-order valence-corrected chi connectivity index (χ1v) is 9.99. The highest BCUT2D eigenvalue weighted by molar-refractivity contribution is 5.97. The molecule has 3 heterocycles. The number of aromatic nitrogens is 1. The van der Waals surface area contributed by atoms with Crippen LogP contribution in [0.25, 0.3) is 10.9 Å². The van der Waals surface area contributed by atoms with Gasteiger partial charge in [0.15, 0.2) is 18.3 Å². The molecule has 8 nitrogen and oxygen atoms in total. The van der Waals surface area contributed by atoms with Crippen molar-refractivity contribution >= 4 is 22.6 Å². The van der Waals surface area contributed by atoms with Crippen molar-refractivity contribution in [1.29, 1.82) is 0 Å². The molecule has 2 N–H and O–H groups in total. The summed E-state index contributed by atoms with van der Waals surface area (Å²) in [5, 5.41) is 14.4. The maximum atomic E-state index is 15.4. The fraction of sp³-hybridized carbons (Fsp3) is 0.429. The highest BCUT2D eigenvalue weighted by Gasteiger charge is 2.40. The van der Waals surface area contributed by atoms with Gasteiger partial charge in [-0.1, -0.05) is 12.2 Å². The maximum Gasteiger partial charge on any atom is 0.341 e. The molecule has 0 bridgehead atoms. The molecule has 1 aromatic heterocycles. The molecule has 2 aromatic rings. The predicted molar refractivity (Wildman–Crippen MR) is 111 cm³/mol. The van der Waals surface area contributed by atoms with Gasteiger partial charge in [-0.15, -0.1) is 0 Å². The van der Waals surface area contributed by atoms with Gasteiger partial charge in [0.25, 0.3) is 0 Å². The van der Waals surface area contributed by atoms with Crippen LogP contribution in [0.3, 0.4) is 0 Å². The molecule has 0 radical (unpaired) electrons. The lowest BCUT2D eigenvalue weighted by Crippen LogP contribution is -2.40.